The minimum Gasteiger partial charge on any atom is -0.480 e. The maximum Gasteiger partial charge on any atom is 0.325 e. The van der Waals surface area contributed by atoms with Crippen LogP contribution in [0.3, 0.4) is 0 Å². The summed E-state index contributed by atoms with van der Waals surface area (Å²) in [5.74, 6) is -1.89. The van der Waals surface area contributed by atoms with E-state index in [0.29, 0.717) is 26.2 Å². The Balaban J connectivity index is 2.64. The summed E-state index contributed by atoms with van der Waals surface area (Å²) < 4.78 is 0. The molecule has 2 N–H and O–H groups in total. The lowest BCUT2D eigenvalue weighted by Crippen LogP contribution is -2.44. The van der Waals surface area contributed by atoms with Crippen molar-refractivity contribution in [2.45, 2.75) is 13.0 Å². The Bertz CT molecular complexity index is 461. The summed E-state index contributed by atoms with van der Waals surface area (Å²) in [4.78, 5) is 36.3. The van der Waals surface area contributed by atoms with E-state index in [1.807, 2.05) is 0 Å². The molecule has 1 unspecified atom stereocenters. The van der Waals surface area contributed by atoms with Gasteiger partial charge in [0.15, 0.2) is 0 Å². The Morgan fingerprint density at radius 3 is 2.30 bits per heavy atom. The number of nitrogens with one attached hydrogen (secondary N) is 1. The van der Waals surface area contributed by atoms with Gasteiger partial charge in [-0.25, -0.2) is 0 Å². The molecule has 20 heavy (non-hydrogen) atoms. The second-order valence-corrected chi connectivity index (χ2v) is 4.37. The molecule has 8 nitrogen and oxygen atoms in total. The predicted molar refractivity (Wildman–Crippen MR) is 68.1 cm³/mol. The molecule has 1 atom stereocenters. The summed E-state index contributed by atoms with van der Waals surface area (Å²) in [7, 11) is 0. The Labute approximate surface area is 116 Å². The summed E-state index contributed by atoms with van der Waals surface area (Å²) in [6, 6.07) is 0.686. The molecular formula is C12H16N4O4. The number of nitriles is 1. The van der Waals surface area contributed by atoms with Crippen LogP contribution >= 0.6 is 0 Å². The fourth-order valence-corrected chi connectivity index (χ4v) is 1.63. The second kappa shape index (κ2) is 7.13. The topological polar surface area (TPSA) is 114 Å². The zero-order chi connectivity index (χ0) is 15.1. The number of carboxylic acids is 1. The number of amides is 2. The maximum absolute atomic E-state index is 11.7. The summed E-state index contributed by atoms with van der Waals surface area (Å²) in [6.07, 6.45) is 2.15. The molecule has 0 aromatic rings. The molecular weight excluding hydrogens is 264 g/mol. The zero-order valence-corrected chi connectivity index (χ0v) is 11.1. The molecule has 1 rings (SSSR count). The monoisotopic (exact) mass is 280 g/mol. The van der Waals surface area contributed by atoms with Crippen LogP contribution in [-0.4, -0.2) is 65.4 Å². The minimum absolute atomic E-state index is 0.155. The van der Waals surface area contributed by atoms with Crippen molar-refractivity contribution in [2.75, 3.05) is 26.2 Å². The zero-order valence-electron chi connectivity index (χ0n) is 11.1. The van der Waals surface area contributed by atoms with Gasteiger partial charge >= 0.3 is 5.97 Å². The Hall–Kier alpha value is -2.56. The Morgan fingerprint density at radius 1 is 1.30 bits per heavy atom. The first kappa shape index (κ1) is 15.5. The van der Waals surface area contributed by atoms with Crippen LogP contribution in [0, 0.1) is 11.3 Å². The van der Waals surface area contributed by atoms with Gasteiger partial charge in [-0.1, -0.05) is 0 Å². The number of carbonyl (C=O) groups excluding carboxylic acids is 2. The molecule has 1 aliphatic heterocycles. The van der Waals surface area contributed by atoms with Gasteiger partial charge in [0.2, 0.25) is 6.41 Å². The normalized spacial score (nSPS) is 17.1. The van der Waals surface area contributed by atoms with Crippen LogP contribution in [0.2, 0.25) is 0 Å². The van der Waals surface area contributed by atoms with E-state index in [1.54, 1.807) is 15.9 Å². The van der Waals surface area contributed by atoms with Gasteiger partial charge in [-0.05, 0) is 6.92 Å². The second-order valence-electron chi connectivity index (χ2n) is 4.37. The van der Waals surface area contributed by atoms with Crippen LogP contribution in [0.4, 0.5) is 0 Å². The van der Waals surface area contributed by atoms with E-state index < -0.39 is 17.9 Å². The average Bonchev–Trinajstić information content (AvgIpc) is 2.44. The lowest BCUT2D eigenvalue weighted by atomic mass is 10.2. The first-order valence-corrected chi connectivity index (χ1v) is 6.07. The van der Waals surface area contributed by atoms with E-state index in [1.165, 1.54) is 13.1 Å². The molecule has 1 heterocycles. The molecule has 108 valence electrons. The van der Waals surface area contributed by atoms with Crippen molar-refractivity contribution >= 4 is 18.3 Å². The smallest absolute Gasteiger partial charge is 0.325 e. The highest BCUT2D eigenvalue weighted by molar-refractivity contribution is 5.99. The first-order valence-electron chi connectivity index (χ1n) is 6.07. The molecule has 1 saturated heterocycles. The van der Waals surface area contributed by atoms with Crippen molar-refractivity contribution in [1.82, 2.24) is 15.1 Å². The number of hydrogen-bond acceptors (Lipinski definition) is 5. The summed E-state index contributed by atoms with van der Waals surface area (Å²) in [5.41, 5.74) is -0.155. The van der Waals surface area contributed by atoms with Crippen LogP contribution in [0.5, 0.6) is 0 Å². The standard InChI is InChI=1S/C12H16N4O4/c1-9(12(19)20)14-11(18)10(6-13)7-15-2-4-16(8-17)5-3-15/h7-9H,2-5H2,1H3,(H,14,18)(H,19,20)/b10-7-. The van der Waals surface area contributed by atoms with Crippen LogP contribution in [-0.2, 0) is 14.4 Å². The van der Waals surface area contributed by atoms with E-state index in [4.69, 9.17) is 10.4 Å². The molecule has 1 fully saturated rings. The third-order valence-corrected chi connectivity index (χ3v) is 2.89. The van der Waals surface area contributed by atoms with E-state index in [-0.39, 0.29) is 5.57 Å². The van der Waals surface area contributed by atoms with Gasteiger partial charge < -0.3 is 20.2 Å². The largest absolute Gasteiger partial charge is 0.480 e. The summed E-state index contributed by atoms with van der Waals surface area (Å²) >= 11 is 0. The van der Waals surface area contributed by atoms with Crippen molar-refractivity contribution < 1.29 is 19.5 Å². The van der Waals surface area contributed by atoms with Crippen LogP contribution in [0.1, 0.15) is 6.92 Å². The number of carboxylic acid groups (broad SMARTS) is 1. The van der Waals surface area contributed by atoms with Gasteiger partial charge in [0.05, 0.1) is 0 Å². The molecule has 0 spiro atoms. The third kappa shape index (κ3) is 4.28. The van der Waals surface area contributed by atoms with Crippen molar-refractivity contribution in [3.63, 3.8) is 0 Å². The molecule has 0 radical (unpaired) electrons. The molecule has 0 aromatic carbocycles. The first-order chi connectivity index (χ1) is 9.47. The van der Waals surface area contributed by atoms with E-state index in [9.17, 15) is 14.4 Å². The lowest BCUT2D eigenvalue weighted by Gasteiger charge is -2.31. The molecule has 0 saturated carbocycles. The van der Waals surface area contributed by atoms with E-state index in [0.717, 1.165) is 6.41 Å². The number of aliphatic carboxylic acids is 1. The predicted octanol–water partition coefficient (Wildman–Crippen LogP) is -1.24. The molecule has 0 aliphatic carbocycles. The quantitative estimate of drug-likeness (QED) is 0.370. The summed E-state index contributed by atoms with van der Waals surface area (Å²) in [6.45, 7) is 3.40. The number of rotatable bonds is 5. The van der Waals surface area contributed by atoms with Crippen molar-refractivity contribution in [3.05, 3.63) is 11.8 Å². The van der Waals surface area contributed by atoms with E-state index in [2.05, 4.69) is 5.32 Å². The third-order valence-electron chi connectivity index (χ3n) is 2.89. The lowest BCUT2D eigenvalue weighted by molar-refractivity contribution is -0.140. The number of carbonyl (C=O) groups is 3. The molecule has 2 amide bonds. The minimum atomic E-state index is -1.17. The van der Waals surface area contributed by atoms with Crippen molar-refractivity contribution in [2.24, 2.45) is 0 Å². The van der Waals surface area contributed by atoms with Crippen molar-refractivity contribution in [3.8, 4) is 6.07 Å². The summed E-state index contributed by atoms with van der Waals surface area (Å²) in [5, 5.41) is 19.9. The number of nitrogens with zero attached hydrogens (tertiary/aromatic N) is 3. The van der Waals surface area contributed by atoms with Gasteiger partial charge in [-0.2, -0.15) is 5.26 Å². The Morgan fingerprint density at radius 2 is 1.85 bits per heavy atom. The molecule has 1 aliphatic rings. The molecule has 8 heteroatoms. The molecule has 0 aromatic heterocycles. The average molecular weight is 280 g/mol. The SMILES string of the molecule is CC(NC(=O)/C(C#N)=C\N1CCN(C=O)CC1)C(=O)O. The van der Waals surface area contributed by atoms with Gasteiger partial charge in [0, 0.05) is 32.4 Å². The number of hydrogen-bond donors (Lipinski definition) is 2. The van der Waals surface area contributed by atoms with Gasteiger partial charge in [0.1, 0.15) is 17.7 Å². The maximum atomic E-state index is 11.7. The highest BCUT2D eigenvalue weighted by Gasteiger charge is 2.19. The van der Waals surface area contributed by atoms with Gasteiger partial charge in [-0.15, -0.1) is 0 Å². The fourth-order valence-electron chi connectivity index (χ4n) is 1.63. The highest BCUT2D eigenvalue weighted by Crippen LogP contribution is 2.04. The Kier molecular flexibility index (Phi) is 5.53. The van der Waals surface area contributed by atoms with Crippen LogP contribution < -0.4 is 5.32 Å². The van der Waals surface area contributed by atoms with E-state index >= 15 is 0 Å². The van der Waals surface area contributed by atoms with Crippen molar-refractivity contribution in [1.29, 1.82) is 5.26 Å². The number of piperazine rings is 1. The van der Waals surface area contributed by atoms with Crippen LogP contribution in [0.15, 0.2) is 11.8 Å². The van der Waals surface area contributed by atoms with Gasteiger partial charge in [-0.3, -0.25) is 14.4 Å². The fraction of sp³-hybridized carbons (Fsp3) is 0.500. The molecule has 0 bridgehead atoms. The van der Waals surface area contributed by atoms with Gasteiger partial charge in [0.25, 0.3) is 5.91 Å². The highest BCUT2D eigenvalue weighted by atomic mass is 16.4. The van der Waals surface area contributed by atoms with Crippen LogP contribution in [0.25, 0.3) is 0 Å².